The van der Waals surface area contributed by atoms with Gasteiger partial charge in [-0.05, 0) is 26.0 Å². The van der Waals surface area contributed by atoms with Crippen molar-refractivity contribution in [1.29, 1.82) is 0 Å². The fraction of sp³-hybridized carbons (Fsp3) is 0.286. The monoisotopic (exact) mass is 281 g/mol. The molecular weight excluding hydrogens is 267 g/mol. The standard InChI is InChI=1S/C14H14F3N3/c1-3-20(8-10-6-4-5-9(2)18-10)14-12(16)7-11(15)13(17)19-14/h4-7H,3,8H2,1-2H3. The quantitative estimate of drug-likeness (QED) is 0.806. The number of pyridine rings is 2. The summed E-state index contributed by atoms with van der Waals surface area (Å²) in [6.45, 7) is 4.28. The first-order valence-electron chi connectivity index (χ1n) is 6.20. The second kappa shape index (κ2) is 5.90. The zero-order valence-electron chi connectivity index (χ0n) is 11.2. The van der Waals surface area contributed by atoms with Gasteiger partial charge in [0.1, 0.15) is 0 Å². The molecule has 0 aliphatic rings. The van der Waals surface area contributed by atoms with E-state index in [-0.39, 0.29) is 12.4 Å². The van der Waals surface area contributed by atoms with Crippen LogP contribution in [0.25, 0.3) is 0 Å². The van der Waals surface area contributed by atoms with E-state index in [9.17, 15) is 13.2 Å². The number of aryl methyl sites for hydroxylation is 1. The van der Waals surface area contributed by atoms with Gasteiger partial charge in [-0.2, -0.15) is 9.37 Å². The zero-order valence-corrected chi connectivity index (χ0v) is 11.2. The average molecular weight is 281 g/mol. The van der Waals surface area contributed by atoms with E-state index in [4.69, 9.17) is 0 Å². The van der Waals surface area contributed by atoms with Crippen molar-refractivity contribution in [2.75, 3.05) is 11.4 Å². The highest BCUT2D eigenvalue weighted by Gasteiger charge is 2.17. The Morgan fingerprint density at radius 3 is 2.50 bits per heavy atom. The lowest BCUT2D eigenvalue weighted by Gasteiger charge is -2.22. The predicted octanol–water partition coefficient (Wildman–Crippen LogP) is 3.23. The normalized spacial score (nSPS) is 10.7. The molecule has 0 unspecified atom stereocenters. The fourth-order valence-electron chi connectivity index (χ4n) is 1.88. The van der Waals surface area contributed by atoms with Crippen LogP contribution in [0.15, 0.2) is 24.3 Å². The van der Waals surface area contributed by atoms with Crippen LogP contribution in [-0.4, -0.2) is 16.5 Å². The van der Waals surface area contributed by atoms with E-state index in [0.717, 1.165) is 5.69 Å². The molecule has 6 heteroatoms. The van der Waals surface area contributed by atoms with Crippen molar-refractivity contribution in [3.05, 3.63) is 53.2 Å². The van der Waals surface area contributed by atoms with Crippen molar-refractivity contribution < 1.29 is 13.2 Å². The molecule has 0 aliphatic carbocycles. The third-order valence-electron chi connectivity index (χ3n) is 2.85. The SMILES string of the molecule is CCN(Cc1cccc(C)n1)c1nc(F)c(F)cc1F. The summed E-state index contributed by atoms with van der Waals surface area (Å²) in [5.41, 5.74) is 1.54. The lowest BCUT2D eigenvalue weighted by Crippen LogP contribution is -2.25. The highest BCUT2D eigenvalue weighted by Crippen LogP contribution is 2.20. The molecule has 0 N–H and O–H groups in total. The molecule has 0 saturated carbocycles. The minimum Gasteiger partial charge on any atom is -0.348 e. The van der Waals surface area contributed by atoms with Crippen LogP contribution in [-0.2, 0) is 6.54 Å². The van der Waals surface area contributed by atoms with Crippen LogP contribution in [0.5, 0.6) is 0 Å². The number of anilines is 1. The van der Waals surface area contributed by atoms with Gasteiger partial charge in [0, 0.05) is 18.3 Å². The van der Waals surface area contributed by atoms with Gasteiger partial charge in [-0.25, -0.2) is 8.78 Å². The summed E-state index contributed by atoms with van der Waals surface area (Å²) in [5.74, 6) is -3.71. The van der Waals surface area contributed by atoms with Gasteiger partial charge in [-0.15, -0.1) is 0 Å². The molecule has 106 valence electrons. The summed E-state index contributed by atoms with van der Waals surface area (Å²) in [7, 11) is 0. The van der Waals surface area contributed by atoms with Crippen molar-refractivity contribution in [1.82, 2.24) is 9.97 Å². The molecule has 2 aromatic rings. The Morgan fingerprint density at radius 2 is 1.85 bits per heavy atom. The first-order valence-corrected chi connectivity index (χ1v) is 6.20. The van der Waals surface area contributed by atoms with Gasteiger partial charge in [-0.3, -0.25) is 4.98 Å². The lowest BCUT2D eigenvalue weighted by atomic mass is 10.3. The molecule has 0 saturated heterocycles. The van der Waals surface area contributed by atoms with Crippen LogP contribution in [0, 0.1) is 24.5 Å². The number of hydrogen-bond acceptors (Lipinski definition) is 3. The molecule has 0 spiro atoms. The minimum absolute atomic E-state index is 0.213. The Bertz CT molecular complexity index is 617. The van der Waals surface area contributed by atoms with E-state index in [1.807, 2.05) is 19.1 Å². The molecule has 0 atom stereocenters. The highest BCUT2D eigenvalue weighted by atomic mass is 19.2. The van der Waals surface area contributed by atoms with E-state index < -0.39 is 17.6 Å². The average Bonchev–Trinajstić information content (AvgIpc) is 2.40. The van der Waals surface area contributed by atoms with Crippen molar-refractivity contribution in [3.63, 3.8) is 0 Å². The first kappa shape index (κ1) is 14.3. The van der Waals surface area contributed by atoms with Gasteiger partial charge in [0.2, 0.25) is 0 Å². The van der Waals surface area contributed by atoms with Gasteiger partial charge >= 0.3 is 0 Å². The number of nitrogens with zero attached hydrogens (tertiary/aromatic N) is 3. The molecule has 0 radical (unpaired) electrons. The van der Waals surface area contributed by atoms with E-state index in [2.05, 4.69) is 9.97 Å². The van der Waals surface area contributed by atoms with Crippen LogP contribution in [0.4, 0.5) is 19.0 Å². The Morgan fingerprint density at radius 1 is 1.10 bits per heavy atom. The van der Waals surface area contributed by atoms with Gasteiger partial charge < -0.3 is 4.90 Å². The van der Waals surface area contributed by atoms with Gasteiger partial charge in [0.15, 0.2) is 17.5 Å². The first-order chi connectivity index (χ1) is 9.51. The molecule has 0 aliphatic heterocycles. The van der Waals surface area contributed by atoms with Crippen LogP contribution in [0.1, 0.15) is 18.3 Å². The van der Waals surface area contributed by atoms with E-state index in [1.165, 1.54) is 4.90 Å². The molecule has 0 fully saturated rings. The molecule has 2 heterocycles. The third kappa shape index (κ3) is 3.07. The molecule has 2 rings (SSSR count). The maximum atomic E-state index is 13.7. The Hall–Kier alpha value is -2.11. The summed E-state index contributed by atoms with van der Waals surface area (Å²) in [6.07, 6.45) is 0. The van der Waals surface area contributed by atoms with Crippen LogP contribution in [0.3, 0.4) is 0 Å². The van der Waals surface area contributed by atoms with E-state index in [1.54, 1.807) is 13.0 Å². The van der Waals surface area contributed by atoms with Crippen LogP contribution < -0.4 is 4.90 Å². The second-order valence-corrected chi connectivity index (χ2v) is 4.35. The molecular formula is C14H14F3N3. The largest absolute Gasteiger partial charge is 0.348 e. The maximum absolute atomic E-state index is 13.7. The van der Waals surface area contributed by atoms with Crippen LogP contribution >= 0.6 is 0 Å². The van der Waals surface area contributed by atoms with E-state index >= 15 is 0 Å². The lowest BCUT2D eigenvalue weighted by molar-refractivity contribution is 0.462. The maximum Gasteiger partial charge on any atom is 0.251 e. The molecule has 2 aromatic heterocycles. The molecule has 3 nitrogen and oxygen atoms in total. The summed E-state index contributed by atoms with van der Waals surface area (Å²) in [4.78, 5) is 9.14. The van der Waals surface area contributed by atoms with Crippen molar-refractivity contribution >= 4 is 5.82 Å². The van der Waals surface area contributed by atoms with Crippen LogP contribution in [0.2, 0.25) is 0 Å². The topological polar surface area (TPSA) is 29.0 Å². The second-order valence-electron chi connectivity index (χ2n) is 4.35. The summed E-state index contributed by atoms with van der Waals surface area (Å²) < 4.78 is 39.8. The van der Waals surface area contributed by atoms with E-state index in [0.29, 0.717) is 18.3 Å². The molecule has 0 amide bonds. The zero-order chi connectivity index (χ0) is 14.7. The van der Waals surface area contributed by atoms with Crippen molar-refractivity contribution in [2.24, 2.45) is 0 Å². The Labute approximate surface area is 115 Å². The number of halogens is 3. The molecule has 0 aromatic carbocycles. The highest BCUT2D eigenvalue weighted by molar-refractivity contribution is 5.40. The smallest absolute Gasteiger partial charge is 0.251 e. The number of hydrogen-bond donors (Lipinski definition) is 0. The van der Waals surface area contributed by atoms with Gasteiger partial charge in [0.25, 0.3) is 5.95 Å². The minimum atomic E-state index is -1.31. The van der Waals surface area contributed by atoms with Crippen molar-refractivity contribution in [3.8, 4) is 0 Å². The number of rotatable bonds is 4. The van der Waals surface area contributed by atoms with Gasteiger partial charge in [-0.1, -0.05) is 6.07 Å². The third-order valence-corrected chi connectivity index (χ3v) is 2.85. The molecule has 0 bridgehead atoms. The fourth-order valence-corrected chi connectivity index (χ4v) is 1.88. The Balaban J connectivity index is 2.31. The van der Waals surface area contributed by atoms with Gasteiger partial charge in [0.05, 0.1) is 12.2 Å². The summed E-state index contributed by atoms with van der Waals surface area (Å²) >= 11 is 0. The predicted molar refractivity (Wildman–Crippen MR) is 69.8 cm³/mol. The summed E-state index contributed by atoms with van der Waals surface area (Å²) in [5, 5.41) is 0. The summed E-state index contributed by atoms with van der Waals surface area (Å²) in [6, 6.07) is 5.97. The van der Waals surface area contributed by atoms with Crippen molar-refractivity contribution in [2.45, 2.75) is 20.4 Å². The molecule has 20 heavy (non-hydrogen) atoms. The number of aromatic nitrogens is 2. The Kier molecular flexibility index (Phi) is 4.22.